The number of thiophene rings is 2. The maximum absolute atomic E-state index is 2.54. The molecule has 0 aliphatic rings. The van der Waals surface area contributed by atoms with Gasteiger partial charge in [0, 0.05) is 57.5 Å². The molecule has 3 heterocycles. The van der Waals surface area contributed by atoms with Crippen LogP contribution in [0.2, 0.25) is 0 Å². The summed E-state index contributed by atoms with van der Waals surface area (Å²) in [6, 6.07) is 62.4. The van der Waals surface area contributed by atoms with E-state index < -0.39 is 0 Å². The van der Waals surface area contributed by atoms with Crippen molar-refractivity contribution in [3.05, 3.63) is 170 Å². The Morgan fingerprint density at radius 1 is 0.360 bits per heavy atom. The van der Waals surface area contributed by atoms with Crippen LogP contribution < -0.4 is 4.90 Å². The fourth-order valence-electron chi connectivity index (χ4n) is 8.08. The van der Waals surface area contributed by atoms with Crippen LogP contribution in [0.15, 0.2) is 170 Å². The van der Waals surface area contributed by atoms with Crippen LogP contribution >= 0.6 is 22.7 Å². The van der Waals surface area contributed by atoms with Crippen molar-refractivity contribution in [2.24, 2.45) is 0 Å². The molecule has 0 saturated carbocycles. The Morgan fingerprint density at radius 3 is 1.82 bits per heavy atom. The van der Waals surface area contributed by atoms with Gasteiger partial charge in [-0.2, -0.15) is 0 Å². The van der Waals surface area contributed by atoms with Gasteiger partial charge in [-0.3, -0.25) is 0 Å². The summed E-state index contributed by atoms with van der Waals surface area (Å²) in [5, 5.41) is 10.2. The zero-order valence-electron chi connectivity index (χ0n) is 26.9. The lowest BCUT2D eigenvalue weighted by atomic mass is 10.0. The van der Waals surface area contributed by atoms with E-state index in [1.54, 1.807) is 0 Å². The molecule has 11 aromatic rings. The fraction of sp³-hybridized carbons (Fsp3) is 0. The second kappa shape index (κ2) is 10.8. The number of benzene rings is 8. The number of anilines is 3. The fourth-order valence-corrected chi connectivity index (χ4v) is 10.4. The van der Waals surface area contributed by atoms with Gasteiger partial charge in [-0.1, -0.05) is 115 Å². The molecular weight excluding hydrogens is 645 g/mol. The summed E-state index contributed by atoms with van der Waals surface area (Å²) in [6.07, 6.45) is 0. The highest BCUT2D eigenvalue weighted by Gasteiger charge is 2.25. The first-order chi connectivity index (χ1) is 24.8. The molecule has 0 bridgehead atoms. The summed E-state index contributed by atoms with van der Waals surface area (Å²) in [5.41, 5.74) is 7.04. The highest BCUT2D eigenvalue weighted by Crippen LogP contribution is 2.50. The Balaban J connectivity index is 1.31. The largest absolute Gasteiger partial charge is 0.307 e. The topological polar surface area (TPSA) is 8.17 Å². The lowest BCUT2D eigenvalue weighted by molar-refractivity contribution is 1.17. The van der Waals surface area contributed by atoms with Gasteiger partial charge in [0.25, 0.3) is 0 Å². The number of fused-ring (bicyclic) bond motifs is 11. The maximum Gasteiger partial charge on any atom is 0.0782 e. The molecule has 0 saturated heterocycles. The molecule has 2 nitrogen and oxygen atoms in total. The number of hydrogen-bond donors (Lipinski definition) is 0. The molecule has 234 valence electrons. The van der Waals surface area contributed by atoms with E-state index in [1.165, 1.54) is 84.3 Å². The van der Waals surface area contributed by atoms with E-state index in [0.717, 1.165) is 11.4 Å². The molecule has 0 fully saturated rings. The quantitative estimate of drug-likeness (QED) is 0.181. The van der Waals surface area contributed by atoms with E-state index in [9.17, 15) is 0 Å². The van der Waals surface area contributed by atoms with Crippen LogP contribution in [0.3, 0.4) is 0 Å². The number of para-hydroxylation sites is 3. The first-order valence-corrected chi connectivity index (χ1v) is 18.6. The molecule has 0 atom stereocenters. The molecule has 11 rings (SSSR count). The minimum atomic E-state index is 1.15. The maximum atomic E-state index is 2.54. The second-order valence-electron chi connectivity index (χ2n) is 12.9. The zero-order valence-corrected chi connectivity index (χ0v) is 28.5. The van der Waals surface area contributed by atoms with E-state index in [-0.39, 0.29) is 0 Å². The van der Waals surface area contributed by atoms with E-state index in [1.807, 2.05) is 22.7 Å². The van der Waals surface area contributed by atoms with Crippen LogP contribution in [0, 0.1) is 0 Å². The predicted octanol–water partition coefficient (Wildman–Crippen LogP) is 14.1. The number of rotatable bonds is 4. The van der Waals surface area contributed by atoms with Crippen molar-refractivity contribution in [1.29, 1.82) is 0 Å². The Kier molecular flexibility index (Phi) is 6.03. The molecule has 0 radical (unpaired) electrons. The van der Waals surface area contributed by atoms with Crippen molar-refractivity contribution >= 4 is 113 Å². The van der Waals surface area contributed by atoms with Gasteiger partial charge in [-0.25, -0.2) is 0 Å². The van der Waals surface area contributed by atoms with Crippen LogP contribution in [0.5, 0.6) is 0 Å². The highest BCUT2D eigenvalue weighted by molar-refractivity contribution is 7.26. The van der Waals surface area contributed by atoms with Crippen molar-refractivity contribution < 1.29 is 0 Å². The smallest absolute Gasteiger partial charge is 0.0782 e. The molecule has 0 aliphatic carbocycles. The molecule has 0 unspecified atom stereocenters. The van der Waals surface area contributed by atoms with Crippen LogP contribution in [-0.2, 0) is 0 Å². The highest BCUT2D eigenvalue weighted by atomic mass is 32.1. The molecule has 0 aliphatic heterocycles. The van der Waals surface area contributed by atoms with Gasteiger partial charge in [0.05, 0.1) is 32.8 Å². The minimum absolute atomic E-state index is 1.15. The van der Waals surface area contributed by atoms with Crippen LogP contribution in [0.1, 0.15) is 0 Å². The van der Waals surface area contributed by atoms with E-state index in [2.05, 4.69) is 179 Å². The van der Waals surface area contributed by atoms with Crippen LogP contribution in [0.4, 0.5) is 17.1 Å². The summed E-state index contributed by atoms with van der Waals surface area (Å²) in [5.74, 6) is 0. The Hall–Kier alpha value is -5.94. The minimum Gasteiger partial charge on any atom is -0.307 e. The third-order valence-electron chi connectivity index (χ3n) is 10.2. The normalized spacial score (nSPS) is 12.0. The average Bonchev–Trinajstić information content (AvgIpc) is 3.86. The molecule has 3 aromatic heterocycles. The van der Waals surface area contributed by atoms with Gasteiger partial charge in [-0.15, -0.1) is 22.7 Å². The van der Waals surface area contributed by atoms with Crippen LogP contribution in [0.25, 0.3) is 78.6 Å². The van der Waals surface area contributed by atoms with Crippen molar-refractivity contribution in [3.8, 4) is 5.69 Å². The molecular formula is C46H28N2S2. The molecule has 0 N–H and O–H groups in total. The summed E-state index contributed by atoms with van der Waals surface area (Å²) >= 11 is 3.76. The standard InChI is InChI=1S/C46H28N2S2/c1-2-13-29(14-3-1)47-37-21-7-4-15-30(37)34-19-11-23-39(45(34)47)48(40-24-12-20-35-32-16-5-8-25-41(32)50-46(35)40)38-22-10-18-33-31(38)27-28-43-44(33)36-17-6-9-26-42(36)49-43/h1-28H. The van der Waals surface area contributed by atoms with Crippen molar-refractivity contribution in [2.75, 3.05) is 4.90 Å². The van der Waals surface area contributed by atoms with Gasteiger partial charge in [0.2, 0.25) is 0 Å². The first-order valence-electron chi connectivity index (χ1n) is 16.9. The third-order valence-corrected chi connectivity index (χ3v) is 12.5. The number of nitrogens with zero attached hydrogens (tertiary/aromatic N) is 2. The molecule has 0 amide bonds. The van der Waals surface area contributed by atoms with Gasteiger partial charge >= 0.3 is 0 Å². The van der Waals surface area contributed by atoms with E-state index in [0.29, 0.717) is 0 Å². The van der Waals surface area contributed by atoms with Gasteiger partial charge in [0.1, 0.15) is 0 Å². The zero-order chi connectivity index (χ0) is 32.8. The predicted molar refractivity (Wildman–Crippen MR) is 219 cm³/mol. The third kappa shape index (κ3) is 3.95. The summed E-state index contributed by atoms with van der Waals surface area (Å²) in [7, 11) is 0. The first kappa shape index (κ1) is 28.0. The molecule has 50 heavy (non-hydrogen) atoms. The molecule has 8 aromatic carbocycles. The number of aromatic nitrogens is 1. The lowest BCUT2D eigenvalue weighted by Gasteiger charge is -2.29. The van der Waals surface area contributed by atoms with Crippen molar-refractivity contribution in [3.63, 3.8) is 0 Å². The molecule has 4 heteroatoms. The lowest BCUT2D eigenvalue weighted by Crippen LogP contribution is -2.12. The molecule has 0 spiro atoms. The Bertz CT molecular complexity index is 3110. The monoisotopic (exact) mass is 672 g/mol. The Morgan fingerprint density at radius 2 is 0.980 bits per heavy atom. The average molecular weight is 673 g/mol. The van der Waals surface area contributed by atoms with Crippen molar-refractivity contribution in [1.82, 2.24) is 4.57 Å². The van der Waals surface area contributed by atoms with Crippen LogP contribution in [-0.4, -0.2) is 4.57 Å². The summed E-state index contributed by atoms with van der Waals surface area (Å²) < 4.78 is 7.68. The van der Waals surface area contributed by atoms with Crippen molar-refractivity contribution in [2.45, 2.75) is 0 Å². The van der Waals surface area contributed by atoms with Gasteiger partial charge < -0.3 is 9.47 Å². The van der Waals surface area contributed by atoms with Gasteiger partial charge in [0.15, 0.2) is 0 Å². The summed E-state index contributed by atoms with van der Waals surface area (Å²) in [4.78, 5) is 2.54. The van der Waals surface area contributed by atoms with Gasteiger partial charge in [-0.05, 0) is 60.0 Å². The second-order valence-corrected chi connectivity index (χ2v) is 15.0. The van der Waals surface area contributed by atoms with E-state index >= 15 is 0 Å². The van der Waals surface area contributed by atoms with E-state index in [4.69, 9.17) is 0 Å². The SMILES string of the molecule is c1ccc(-n2c3ccccc3c3cccc(N(c4cccc5c4ccc4sc6ccccc6c45)c4cccc5c4sc4ccccc45)c32)cc1. The Labute approximate surface area is 296 Å². The number of hydrogen-bond acceptors (Lipinski definition) is 3. The summed E-state index contributed by atoms with van der Waals surface area (Å²) in [6.45, 7) is 0.